The predicted octanol–water partition coefficient (Wildman–Crippen LogP) is 4.15. The summed E-state index contributed by atoms with van der Waals surface area (Å²) in [6, 6.07) is 0. The minimum atomic E-state index is -4.19. The Hall–Kier alpha value is -1.23. The molecule has 106 valence electrons. The molecule has 19 heavy (non-hydrogen) atoms. The van der Waals surface area contributed by atoms with Crippen LogP contribution in [0.5, 0.6) is 0 Å². The van der Waals surface area contributed by atoms with Gasteiger partial charge < -0.3 is 0 Å². The molecule has 0 rings (SSSR count). The largest absolute Gasteiger partial charge is 0.298 e. The Morgan fingerprint density at radius 2 is 1.63 bits per heavy atom. The maximum absolute atomic E-state index is 11.1. The summed E-state index contributed by atoms with van der Waals surface area (Å²) in [4.78, 5) is -0.149. The van der Waals surface area contributed by atoms with Gasteiger partial charge in [-0.1, -0.05) is 51.2 Å². The lowest BCUT2D eigenvalue weighted by atomic mass is 10.1. The van der Waals surface area contributed by atoms with Crippen LogP contribution in [0.4, 0.5) is 0 Å². The van der Waals surface area contributed by atoms with E-state index in [0.29, 0.717) is 6.42 Å². The highest BCUT2D eigenvalue weighted by Crippen LogP contribution is 2.15. The van der Waals surface area contributed by atoms with Gasteiger partial charge in [0.2, 0.25) is 0 Å². The van der Waals surface area contributed by atoms with Crippen LogP contribution in [-0.4, -0.2) is 13.0 Å². The third-order valence-corrected chi connectivity index (χ3v) is 3.60. The molecule has 0 radical (unpaired) electrons. The Labute approximate surface area is 116 Å². The Kier molecular flexibility index (Phi) is 9.98. The molecule has 0 aromatic carbocycles. The van der Waals surface area contributed by atoms with Gasteiger partial charge in [0.15, 0.2) is 0 Å². The molecule has 0 atom stereocenters. The lowest BCUT2D eigenvalue weighted by molar-refractivity contribution is 0.487. The lowest BCUT2D eigenvalue weighted by Gasteiger charge is -2.01. The summed E-state index contributed by atoms with van der Waals surface area (Å²) in [6.07, 6.45) is 7.89. The van der Waals surface area contributed by atoms with Gasteiger partial charge in [-0.05, 0) is 36.6 Å². The molecule has 0 aliphatic rings. The number of rotatable bonds is 9. The Morgan fingerprint density at radius 3 is 2.16 bits per heavy atom. The van der Waals surface area contributed by atoms with E-state index in [0.717, 1.165) is 12.8 Å². The zero-order chi connectivity index (χ0) is 14.6. The van der Waals surface area contributed by atoms with Crippen LogP contribution in [0, 0.1) is 0 Å². The Bertz CT molecular complexity index is 506. The quantitative estimate of drug-likeness (QED) is 0.392. The van der Waals surface area contributed by atoms with Crippen molar-refractivity contribution < 1.29 is 13.0 Å². The van der Waals surface area contributed by atoms with Crippen molar-refractivity contribution in [3.8, 4) is 0 Å². The lowest BCUT2D eigenvalue weighted by Crippen LogP contribution is -2.00. The van der Waals surface area contributed by atoms with E-state index in [1.165, 1.54) is 25.7 Å². The van der Waals surface area contributed by atoms with Gasteiger partial charge in [-0.3, -0.25) is 4.55 Å². The van der Waals surface area contributed by atoms with E-state index in [4.69, 9.17) is 4.55 Å². The molecule has 0 aliphatic heterocycles. The number of hydrogen-bond donors (Lipinski definition) is 1. The van der Waals surface area contributed by atoms with Crippen LogP contribution in [0.3, 0.4) is 0 Å². The van der Waals surface area contributed by atoms with Crippen molar-refractivity contribution in [2.24, 2.45) is 0 Å². The highest BCUT2D eigenvalue weighted by molar-refractivity contribution is 7.89. The molecule has 0 amide bonds. The van der Waals surface area contributed by atoms with Crippen molar-refractivity contribution in [2.75, 3.05) is 0 Å². The molecular weight excluding hydrogens is 260 g/mol. The summed E-state index contributed by atoms with van der Waals surface area (Å²) >= 11 is 0. The number of allylic oxidation sites excluding steroid dienone is 1. The zero-order valence-corrected chi connectivity index (χ0v) is 12.4. The molecule has 0 unspecified atom stereocenters. The van der Waals surface area contributed by atoms with E-state index in [-0.39, 0.29) is 11.3 Å². The van der Waals surface area contributed by atoms with Crippen molar-refractivity contribution in [1.29, 1.82) is 0 Å². The van der Waals surface area contributed by atoms with Crippen molar-refractivity contribution >= 4 is 10.1 Å². The van der Waals surface area contributed by atoms with Gasteiger partial charge in [0.25, 0.3) is 10.1 Å². The Morgan fingerprint density at radius 1 is 1.05 bits per heavy atom. The third-order valence-electron chi connectivity index (χ3n) is 2.67. The molecule has 0 aliphatic carbocycles. The molecule has 0 heterocycles. The van der Waals surface area contributed by atoms with Crippen molar-refractivity contribution in [1.82, 2.24) is 0 Å². The third kappa shape index (κ3) is 10.4. The minimum absolute atomic E-state index is 0.149. The zero-order valence-electron chi connectivity index (χ0n) is 11.5. The highest BCUT2D eigenvalue weighted by atomic mass is 32.2. The second-order valence-corrected chi connectivity index (χ2v) is 5.76. The molecule has 0 saturated heterocycles. The van der Waals surface area contributed by atoms with Gasteiger partial charge in [-0.25, -0.2) is 0 Å². The average molecular weight is 282 g/mol. The summed E-state index contributed by atoms with van der Waals surface area (Å²) in [5.74, 6) is 0. The minimum Gasteiger partial charge on any atom is -0.282 e. The molecular formula is C15H22O3S. The topological polar surface area (TPSA) is 54.4 Å². The first kappa shape index (κ1) is 17.8. The van der Waals surface area contributed by atoms with E-state index in [2.05, 4.69) is 36.4 Å². The van der Waals surface area contributed by atoms with E-state index in [1.807, 2.05) is 0 Å². The van der Waals surface area contributed by atoms with Crippen LogP contribution in [0.25, 0.3) is 0 Å². The van der Waals surface area contributed by atoms with Gasteiger partial charge in [0.1, 0.15) is 4.91 Å². The fraction of sp³-hybridized carbons (Fsp3) is 0.600. The first-order valence-corrected chi connectivity index (χ1v) is 8.07. The SMILES string of the molecule is C=C=C=C=C=C(CCCCCCCCC)S(=O)(=O)O. The van der Waals surface area contributed by atoms with Crippen molar-refractivity contribution in [3.63, 3.8) is 0 Å². The monoisotopic (exact) mass is 282 g/mol. The van der Waals surface area contributed by atoms with E-state index < -0.39 is 10.1 Å². The second-order valence-electron chi connectivity index (χ2n) is 4.32. The van der Waals surface area contributed by atoms with Crippen LogP contribution in [0.15, 0.2) is 34.4 Å². The molecule has 4 heteroatoms. The van der Waals surface area contributed by atoms with Crippen LogP contribution in [0.2, 0.25) is 0 Å². The summed E-state index contributed by atoms with van der Waals surface area (Å²) in [5.41, 5.74) is 9.41. The first-order chi connectivity index (χ1) is 9.02. The molecule has 0 bridgehead atoms. The van der Waals surface area contributed by atoms with Gasteiger partial charge >= 0.3 is 0 Å². The maximum atomic E-state index is 11.1. The average Bonchev–Trinajstić information content (AvgIpc) is 2.34. The van der Waals surface area contributed by atoms with Gasteiger partial charge in [-0.2, -0.15) is 8.42 Å². The summed E-state index contributed by atoms with van der Waals surface area (Å²) < 4.78 is 31.2. The fourth-order valence-electron chi connectivity index (χ4n) is 1.64. The molecule has 0 saturated carbocycles. The van der Waals surface area contributed by atoms with Crippen molar-refractivity contribution in [3.05, 3.63) is 34.4 Å². The van der Waals surface area contributed by atoms with Crippen LogP contribution >= 0.6 is 0 Å². The maximum Gasteiger partial charge on any atom is 0.298 e. The summed E-state index contributed by atoms with van der Waals surface area (Å²) in [7, 11) is -4.19. The summed E-state index contributed by atoms with van der Waals surface area (Å²) in [5, 5.41) is 0. The van der Waals surface area contributed by atoms with Crippen LogP contribution in [0.1, 0.15) is 58.3 Å². The molecule has 0 aromatic heterocycles. The van der Waals surface area contributed by atoms with Gasteiger partial charge in [0.05, 0.1) is 0 Å². The molecule has 0 fully saturated rings. The number of hydrogen-bond acceptors (Lipinski definition) is 2. The molecule has 0 aromatic rings. The smallest absolute Gasteiger partial charge is 0.282 e. The first-order valence-electron chi connectivity index (χ1n) is 6.63. The number of unbranched alkanes of at least 4 members (excludes halogenated alkanes) is 6. The predicted molar refractivity (Wildman–Crippen MR) is 77.4 cm³/mol. The Balaban J connectivity index is 4.30. The second kappa shape index (κ2) is 10.7. The highest BCUT2D eigenvalue weighted by Gasteiger charge is 2.12. The van der Waals surface area contributed by atoms with Crippen LogP contribution < -0.4 is 0 Å². The standard InChI is InChI=1S/C15H22O3S/c1-3-5-7-8-9-10-12-14-15(19(16,17)18)13-11-6-4-2/h2-3,5,7-10,12,14H2,1H3,(H,16,17,18). The van der Waals surface area contributed by atoms with Gasteiger partial charge in [0, 0.05) is 0 Å². The molecule has 1 N–H and O–H groups in total. The van der Waals surface area contributed by atoms with E-state index in [9.17, 15) is 8.42 Å². The normalized spacial score (nSPS) is 10.0. The fourth-order valence-corrected chi connectivity index (χ4v) is 2.23. The summed E-state index contributed by atoms with van der Waals surface area (Å²) in [6.45, 7) is 5.44. The van der Waals surface area contributed by atoms with E-state index in [1.54, 1.807) is 0 Å². The van der Waals surface area contributed by atoms with Crippen molar-refractivity contribution in [2.45, 2.75) is 58.3 Å². The van der Waals surface area contributed by atoms with Gasteiger partial charge in [-0.15, -0.1) is 0 Å². The molecule has 3 nitrogen and oxygen atoms in total. The van der Waals surface area contributed by atoms with Crippen LogP contribution in [-0.2, 0) is 10.1 Å². The molecule has 0 spiro atoms. The van der Waals surface area contributed by atoms with E-state index >= 15 is 0 Å².